The van der Waals surface area contributed by atoms with Gasteiger partial charge in [-0.3, -0.25) is 9.67 Å². The van der Waals surface area contributed by atoms with Crippen LogP contribution in [0.3, 0.4) is 0 Å². The van der Waals surface area contributed by atoms with Gasteiger partial charge in [0, 0.05) is 12.1 Å². The second-order valence-electron chi connectivity index (χ2n) is 4.56. The highest BCUT2D eigenvalue weighted by molar-refractivity contribution is 5.27. The summed E-state index contributed by atoms with van der Waals surface area (Å²) in [6.45, 7) is 6.03. The van der Waals surface area contributed by atoms with E-state index in [9.17, 15) is 0 Å². The van der Waals surface area contributed by atoms with Crippen molar-refractivity contribution >= 4 is 0 Å². The summed E-state index contributed by atoms with van der Waals surface area (Å²) < 4.78 is 7.50. The first-order chi connectivity index (χ1) is 8.56. The largest absolute Gasteiger partial charge is 0.452 e. The molecule has 0 saturated heterocycles. The first kappa shape index (κ1) is 12.6. The van der Waals surface area contributed by atoms with Crippen LogP contribution in [0.5, 0.6) is 11.5 Å². The maximum Gasteiger partial charge on any atom is 0.165 e. The molecule has 18 heavy (non-hydrogen) atoms. The normalized spacial score (nSPS) is 12.7. The maximum atomic E-state index is 5.74. The molecule has 96 valence electrons. The quantitative estimate of drug-likeness (QED) is 0.900. The van der Waals surface area contributed by atoms with Gasteiger partial charge in [0.15, 0.2) is 5.75 Å². The molecule has 0 spiro atoms. The van der Waals surface area contributed by atoms with Gasteiger partial charge in [-0.25, -0.2) is 0 Å². The molecule has 5 heteroatoms. The minimum absolute atomic E-state index is 0.0669. The van der Waals surface area contributed by atoms with Crippen molar-refractivity contribution in [3.63, 3.8) is 0 Å². The average Bonchev–Trinajstić information content (AvgIpc) is 2.78. The predicted molar refractivity (Wildman–Crippen MR) is 69.5 cm³/mol. The van der Waals surface area contributed by atoms with Crippen LogP contribution in [0.4, 0.5) is 0 Å². The van der Waals surface area contributed by atoms with E-state index in [2.05, 4.69) is 23.9 Å². The van der Waals surface area contributed by atoms with Crippen molar-refractivity contribution in [2.45, 2.75) is 32.9 Å². The van der Waals surface area contributed by atoms with Crippen LogP contribution < -0.4 is 10.5 Å². The van der Waals surface area contributed by atoms with E-state index in [1.165, 1.54) is 0 Å². The fraction of sp³-hybridized carbons (Fsp3) is 0.385. The van der Waals surface area contributed by atoms with Crippen LogP contribution in [0.1, 0.15) is 38.5 Å². The third kappa shape index (κ3) is 2.87. The number of nitrogens with zero attached hydrogens (tertiary/aromatic N) is 3. The molecule has 0 radical (unpaired) electrons. The van der Waals surface area contributed by atoms with E-state index in [0.29, 0.717) is 17.5 Å². The molecule has 0 saturated carbocycles. The minimum Gasteiger partial charge on any atom is -0.452 e. The molecule has 0 unspecified atom stereocenters. The molecule has 0 aromatic carbocycles. The summed E-state index contributed by atoms with van der Waals surface area (Å²) in [6.07, 6.45) is 5.23. The highest BCUT2D eigenvalue weighted by Crippen LogP contribution is 2.21. The third-order valence-corrected chi connectivity index (χ3v) is 2.57. The van der Waals surface area contributed by atoms with E-state index in [-0.39, 0.29) is 6.04 Å². The third-order valence-electron chi connectivity index (χ3n) is 2.57. The molecule has 2 aromatic rings. The molecule has 0 bridgehead atoms. The molecule has 0 aliphatic heterocycles. The lowest BCUT2D eigenvalue weighted by Crippen LogP contribution is -2.06. The van der Waals surface area contributed by atoms with Crippen LogP contribution in [0.25, 0.3) is 0 Å². The zero-order valence-electron chi connectivity index (χ0n) is 10.9. The van der Waals surface area contributed by atoms with E-state index in [1.54, 1.807) is 12.4 Å². The van der Waals surface area contributed by atoms with Crippen molar-refractivity contribution in [3.8, 4) is 11.5 Å². The molecule has 5 nitrogen and oxygen atoms in total. The van der Waals surface area contributed by atoms with E-state index >= 15 is 0 Å². The Bertz CT molecular complexity index is 502. The molecule has 0 aliphatic carbocycles. The summed E-state index contributed by atoms with van der Waals surface area (Å²) in [7, 11) is 0. The van der Waals surface area contributed by atoms with Crippen LogP contribution in [0.15, 0.2) is 30.7 Å². The first-order valence-electron chi connectivity index (χ1n) is 6.00. The Balaban J connectivity index is 2.08. The van der Waals surface area contributed by atoms with Crippen molar-refractivity contribution in [2.75, 3.05) is 0 Å². The van der Waals surface area contributed by atoms with Crippen molar-refractivity contribution < 1.29 is 4.74 Å². The van der Waals surface area contributed by atoms with Crippen molar-refractivity contribution in [2.24, 2.45) is 5.73 Å². The summed E-state index contributed by atoms with van der Waals surface area (Å²) >= 11 is 0. The average molecular weight is 246 g/mol. The number of rotatable bonds is 4. The zero-order chi connectivity index (χ0) is 13.1. The van der Waals surface area contributed by atoms with Gasteiger partial charge >= 0.3 is 0 Å². The highest BCUT2D eigenvalue weighted by atomic mass is 16.5. The maximum absolute atomic E-state index is 5.74. The van der Waals surface area contributed by atoms with Gasteiger partial charge in [0.25, 0.3) is 0 Å². The predicted octanol–water partition coefficient (Wildman–Crippen LogP) is 2.67. The van der Waals surface area contributed by atoms with Gasteiger partial charge in [0.1, 0.15) is 5.75 Å². The number of hydrogen-bond acceptors (Lipinski definition) is 4. The van der Waals surface area contributed by atoms with Gasteiger partial charge in [0.05, 0.1) is 24.3 Å². The number of ether oxygens (including phenoxy) is 1. The Morgan fingerprint density at radius 1 is 1.17 bits per heavy atom. The lowest BCUT2D eigenvalue weighted by molar-refractivity contribution is 0.474. The van der Waals surface area contributed by atoms with Gasteiger partial charge in [-0.1, -0.05) is 0 Å². The number of aromatic nitrogens is 3. The Morgan fingerprint density at radius 3 is 2.44 bits per heavy atom. The highest BCUT2D eigenvalue weighted by Gasteiger charge is 2.05. The van der Waals surface area contributed by atoms with Crippen molar-refractivity contribution in [1.82, 2.24) is 14.8 Å². The van der Waals surface area contributed by atoms with E-state index in [0.717, 1.165) is 5.69 Å². The van der Waals surface area contributed by atoms with E-state index in [4.69, 9.17) is 10.5 Å². The molecule has 0 amide bonds. The Hall–Kier alpha value is -1.88. The lowest BCUT2D eigenvalue weighted by Gasteiger charge is -2.06. The fourth-order valence-corrected chi connectivity index (χ4v) is 1.51. The van der Waals surface area contributed by atoms with Gasteiger partial charge in [0.2, 0.25) is 0 Å². The fourth-order valence-electron chi connectivity index (χ4n) is 1.51. The number of hydrogen-bond donors (Lipinski definition) is 1. The topological polar surface area (TPSA) is 66.0 Å². The van der Waals surface area contributed by atoms with Crippen molar-refractivity contribution in [1.29, 1.82) is 0 Å². The van der Waals surface area contributed by atoms with Crippen LogP contribution >= 0.6 is 0 Å². The number of nitrogens with two attached hydrogens (primary N) is 1. The number of pyridine rings is 1. The molecule has 2 rings (SSSR count). The molecule has 2 N–H and O–H groups in total. The van der Waals surface area contributed by atoms with Crippen LogP contribution in [0.2, 0.25) is 0 Å². The summed E-state index contributed by atoms with van der Waals surface area (Å²) in [5, 5.41) is 4.21. The van der Waals surface area contributed by atoms with Gasteiger partial charge < -0.3 is 10.5 Å². The van der Waals surface area contributed by atoms with Gasteiger partial charge in [-0.05, 0) is 32.9 Å². The van der Waals surface area contributed by atoms with Crippen molar-refractivity contribution in [3.05, 3.63) is 36.4 Å². The summed E-state index contributed by atoms with van der Waals surface area (Å²) in [6, 6.07) is 3.98. The molecule has 2 heterocycles. The monoisotopic (exact) mass is 246 g/mol. The molecule has 0 aliphatic rings. The molecule has 2 aromatic heterocycles. The van der Waals surface area contributed by atoms with Crippen LogP contribution in [-0.4, -0.2) is 14.8 Å². The van der Waals surface area contributed by atoms with E-state index < -0.39 is 0 Å². The van der Waals surface area contributed by atoms with Crippen LogP contribution in [0, 0.1) is 0 Å². The van der Waals surface area contributed by atoms with Gasteiger partial charge in [-0.15, -0.1) is 0 Å². The van der Waals surface area contributed by atoms with Gasteiger partial charge in [-0.2, -0.15) is 5.10 Å². The summed E-state index contributed by atoms with van der Waals surface area (Å²) in [4.78, 5) is 4.24. The summed E-state index contributed by atoms with van der Waals surface area (Å²) in [5.74, 6) is 1.39. The molecule has 1 atom stereocenters. The second kappa shape index (κ2) is 5.18. The molecular weight excluding hydrogens is 228 g/mol. The van der Waals surface area contributed by atoms with Crippen LogP contribution in [-0.2, 0) is 0 Å². The first-order valence-corrected chi connectivity index (χ1v) is 6.00. The Morgan fingerprint density at radius 2 is 1.94 bits per heavy atom. The zero-order valence-corrected chi connectivity index (χ0v) is 10.9. The second-order valence-corrected chi connectivity index (χ2v) is 4.56. The Labute approximate surface area is 107 Å². The Kier molecular flexibility index (Phi) is 3.62. The smallest absolute Gasteiger partial charge is 0.165 e. The van der Waals surface area contributed by atoms with E-state index in [1.807, 2.05) is 29.9 Å². The molecular formula is C13H18N4O. The standard InChI is InChI=1S/C13H18N4O/c1-9(2)17-8-12(7-16-17)18-11-4-5-13(10(3)14)15-6-11/h4-10H,14H2,1-3H3/t10-/m1/s1. The summed E-state index contributed by atoms with van der Waals surface area (Å²) in [5.41, 5.74) is 6.58. The lowest BCUT2D eigenvalue weighted by atomic mass is 10.2. The molecule has 0 fully saturated rings. The SMILES string of the molecule is CC(C)n1cc(Oc2ccc([C@@H](C)N)nc2)cn1. The minimum atomic E-state index is -0.0669.